The van der Waals surface area contributed by atoms with E-state index in [1.54, 1.807) is 0 Å². The van der Waals surface area contributed by atoms with Crippen LogP contribution in [0.25, 0.3) is 0 Å². The molecule has 0 saturated carbocycles. The number of carbonyl (C=O) groups is 1. The fraction of sp³-hybridized carbons (Fsp3) is 0.615. The lowest BCUT2D eigenvalue weighted by molar-refractivity contribution is -0.115. The molecule has 0 bridgehead atoms. The first kappa shape index (κ1) is 12.0. The first-order chi connectivity index (χ1) is 6.55. The number of Topliss-reactive ketones (excluding diaryl/α,β-unsaturated/α-hetero) is 1. The first-order valence-corrected chi connectivity index (χ1v) is 5.26. The lowest BCUT2D eigenvalue weighted by Crippen LogP contribution is -2.16. The Morgan fingerprint density at radius 3 is 1.67 bits per heavy atom. The van der Waals surface area contributed by atoms with Crippen LogP contribution in [0.1, 0.15) is 41.5 Å². The van der Waals surface area contributed by atoms with E-state index in [-0.39, 0.29) is 22.4 Å². The summed E-state index contributed by atoms with van der Waals surface area (Å²) in [7, 11) is 0. The highest BCUT2D eigenvalue weighted by atomic mass is 16.3. The zero-order valence-corrected chi connectivity index (χ0v) is 10.4. The van der Waals surface area contributed by atoms with Crippen molar-refractivity contribution in [1.82, 2.24) is 0 Å². The number of hydrogen-bond acceptors (Lipinski definition) is 2. The van der Waals surface area contributed by atoms with Crippen molar-refractivity contribution in [3.63, 3.8) is 0 Å². The third-order valence-electron chi connectivity index (χ3n) is 2.62. The Morgan fingerprint density at radius 1 is 1.00 bits per heavy atom. The normalized spacial score (nSPS) is 18.5. The fourth-order valence-corrected chi connectivity index (χ4v) is 1.66. The topological polar surface area (TPSA) is 37.3 Å². The average Bonchev–Trinajstić information content (AvgIpc) is 2.26. The van der Waals surface area contributed by atoms with E-state index in [0.717, 1.165) is 5.57 Å². The van der Waals surface area contributed by atoms with Gasteiger partial charge in [-0.3, -0.25) is 4.79 Å². The minimum absolute atomic E-state index is 0.0765. The maximum absolute atomic E-state index is 11.8. The molecule has 0 heterocycles. The summed E-state index contributed by atoms with van der Waals surface area (Å²) >= 11 is 0. The van der Waals surface area contributed by atoms with Crippen molar-refractivity contribution in [2.24, 2.45) is 10.8 Å². The minimum atomic E-state index is -0.215. The molecule has 0 fully saturated rings. The predicted molar refractivity (Wildman–Crippen MR) is 61.7 cm³/mol. The second-order valence-corrected chi connectivity index (χ2v) is 6.15. The monoisotopic (exact) mass is 208 g/mol. The largest absolute Gasteiger partial charge is 0.504 e. The van der Waals surface area contributed by atoms with Gasteiger partial charge in [-0.1, -0.05) is 41.5 Å². The molecule has 15 heavy (non-hydrogen) atoms. The SMILES string of the molecule is CC(C)(C)C1=CC(C(C)(C)C)=C(O)C1=O. The summed E-state index contributed by atoms with van der Waals surface area (Å²) in [6.07, 6.45) is 1.84. The molecule has 1 aliphatic rings. The molecule has 2 nitrogen and oxygen atoms in total. The van der Waals surface area contributed by atoms with Crippen molar-refractivity contribution >= 4 is 5.78 Å². The van der Waals surface area contributed by atoms with Gasteiger partial charge in [-0.05, 0) is 16.9 Å². The highest BCUT2D eigenvalue weighted by Crippen LogP contribution is 2.40. The van der Waals surface area contributed by atoms with Gasteiger partial charge >= 0.3 is 0 Å². The number of ketones is 1. The van der Waals surface area contributed by atoms with Crippen LogP contribution in [0.3, 0.4) is 0 Å². The van der Waals surface area contributed by atoms with Gasteiger partial charge in [-0.25, -0.2) is 0 Å². The van der Waals surface area contributed by atoms with Crippen molar-refractivity contribution < 1.29 is 9.90 Å². The Bertz CT molecular complexity index is 357. The number of aliphatic hydroxyl groups excluding tert-OH is 1. The number of rotatable bonds is 0. The van der Waals surface area contributed by atoms with E-state index in [1.165, 1.54) is 0 Å². The van der Waals surface area contributed by atoms with Crippen LogP contribution in [0, 0.1) is 10.8 Å². The predicted octanol–water partition coefficient (Wildman–Crippen LogP) is 3.40. The van der Waals surface area contributed by atoms with Crippen molar-refractivity contribution in [1.29, 1.82) is 0 Å². The lowest BCUT2D eigenvalue weighted by Gasteiger charge is -2.20. The van der Waals surface area contributed by atoms with Crippen molar-refractivity contribution in [2.75, 3.05) is 0 Å². The molecule has 2 heteroatoms. The van der Waals surface area contributed by atoms with Gasteiger partial charge in [0.1, 0.15) is 0 Å². The zero-order valence-electron chi connectivity index (χ0n) is 10.4. The van der Waals surface area contributed by atoms with Crippen molar-refractivity contribution in [3.05, 3.63) is 23.0 Å². The first-order valence-electron chi connectivity index (χ1n) is 5.26. The third-order valence-corrected chi connectivity index (χ3v) is 2.62. The van der Waals surface area contributed by atoms with Crippen LogP contribution < -0.4 is 0 Å². The van der Waals surface area contributed by atoms with Gasteiger partial charge in [0.15, 0.2) is 5.76 Å². The van der Waals surface area contributed by atoms with Gasteiger partial charge in [0.2, 0.25) is 5.78 Å². The molecule has 0 unspecified atom stereocenters. The Kier molecular flexibility index (Phi) is 2.58. The molecule has 0 aromatic heterocycles. The zero-order chi connectivity index (χ0) is 12.0. The van der Waals surface area contributed by atoms with E-state index >= 15 is 0 Å². The fourth-order valence-electron chi connectivity index (χ4n) is 1.66. The molecular formula is C13H20O2. The van der Waals surface area contributed by atoms with Gasteiger partial charge in [0.25, 0.3) is 0 Å². The van der Waals surface area contributed by atoms with Gasteiger partial charge < -0.3 is 5.11 Å². The van der Waals surface area contributed by atoms with E-state index in [4.69, 9.17) is 0 Å². The van der Waals surface area contributed by atoms with E-state index < -0.39 is 0 Å². The highest BCUT2D eigenvalue weighted by Gasteiger charge is 2.36. The summed E-state index contributed by atoms with van der Waals surface area (Å²) in [6.45, 7) is 11.9. The summed E-state index contributed by atoms with van der Waals surface area (Å²) in [5.41, 5.74) is 1.05. The van der Waals surface area contributed by atoms with Gasteiger partial charge in [0.05, 0.1) is 0 Å². The third kappa shape index (κ3) is 2.14. The molecule has 0 saturated heterocycles. The molecule has 84 valence electrons. The number of hydrogen-bond donors (Lipinski definition) is 1. The molecule has 0 spiro atoms. The molecule has 0 aliphatic heterocycles. The quantitative estimate of drug-likeness (QED) is 0.662. The number of allylic oxidation sites excluding steroid dienone is 3. The van der Waals surface area contributed by atoms with Crippen LogP contribution in [-0.4, -0.2) is 10.9 Å². The van der Waals surface area contributed by atoms with Gasteiger partial charge in [-0.2, -0.15) is 0 Å². The van der Waals surface area contributed by atoms with E-state index in [1.807, 2.05) is 47.6 Å². The number of carbonyl (C=O) groups excluding carboxylic acids is 1. The molecular weight excluding hydrogens is 188 g/mol. The smallest absolute Gasteiger partial charge is 0.224 e. The molecule has 0 aromatic rings. The second-order valence-electron chi connectivity index (χ2n) is 6.15. The molecule has 0 atom stereocenters. The summed E-state index contributed by atoms with van der Waals surface area (Å²) in [5, 5.41) is 9.80. The Hall–Kier alpha value is -1.05. The summed E-state index contributed by atoms with van der Waals surface area (Å²) in [4.78, 5) is 11.8. The summed E-state index contributed by atoms with van der Waals surface area (Å²) < 4.78 is 0. The minimum Gasteiger partial charge on any atom is -0.504 e. The highest BCUT2D eigenvalue weighted by molar-refractivity contribution is 6.11. The average molecular weight is 208 g/mol. The standard InChI is InChI=1S/C13H20O2/c1-12(2,3)8-7-9(13(4,5)6)11(15)10(8)14/h7H,1-6H3,(H,14,15). The van der Waals surface area contributed by atoms with Crippen molar-refractivity contribution in [3.8, 4) is 0 Å². The van der Waals surface area contributed by atoms with Crippen LogP contribution in [0.15, 0.2) is 23.0 Å². The molecule has 0 amide bonds. The maximum atomic E-state index is 11.8. The molecule has 1 rings (SSSR count). The maximum Gasteiger partial charge on any atom is 0.224 e. The van der Waals surface area contributed by atoms with Crippen molar-refractivity contribution in [2.45, 2.75) is 41.5 Å². The van der Waals surface area contributed by atoms with Crippen LogP contribution in [-0.2, 0) is 4.79 Å². The summed E-state index contributed by atoms with van der Waals surface area (Å²) in [5.74, 6) is -0.292. The number of aliphatic hydroxyl groups is 1. The van der Waals surface area contributed by atoms with Crippen LogP contribution in [0.2, 0.25) is 0 Å². The molecule has 0 radical (unpaired) electrons. The van der Waals surface area contributed by atoms with E-state index in [2.05, 4.69) is 0 Å². The van der Waals surface area contributed by atoms with E-state index in [0.29, 0.717) is 5.57 Å². The van der Waals surface area contributed by atoms with E-state index in [9.17, 15) is 9.90 Å². The molecule has 0 aromatic carbocycles. The lowest BCUT2D eigenvalue weighted by atomic mass is 9.83. The van der Waals surface area contributed by atoms with Gasteiger partial charge in [-0.15, -0.1) is 0 Å². The Morgan fingerprint density at radius 2 is 1.47 bits per heavy atom. The Labute approximate surface area is 91.7 Å². The molecule has 1 N–H and O–H groups in total. The van der Waals surface area contributed by atoms with Crippen LogP contribution >= 0.6 is 0 Å². The van der Waals surface area contributed by atoms with Crippen LogP contribution in [0.4, 0.5) is 0 Å². The second kappa shape index (κ2) is 3.22. The molecule has 1 aliphatic carbocycles. The van der Waals surface area contributed by atoms with Crippen LogP contribution in [0.5, 0.6) is 0 Å². The summed E-state index contributed by atoms with van der Waals surface area (Å²) in [6, 6.07) is 0. The van der Waals surface area contributed by atoms with Gasteiger partial charge in [0, 0.05) is 11.1 Å². The Balaban J connectivity index is 3.22.